The van der Waals surface area contributed by atoms with Crippen LogP contribution in [-0.4, -0.2) is 45.0 Å². The molecule has 3 aromatic rings. The van der Waals surface area contributed by atoms with Gasteiger partial charge in [-0.25, -0.2) is 0 Å². The Kier molecular flexibility index (Phi) is 7.83. The van der Waals surface area contributed by atoms with Gasteiger partial charge in [0.1, 0.15) is 0 Å². The molecule has 0 saturated carbocycles. The number of aromatic nitrogens is 1. The third-order valence-electron chi connectivity index (χ3n) is 4.47. The number of fused-ring (bicyclic) bond motifs is 1. The predicted molar refractivity (Wildman–Crippen MR) is 122 cm³/mol. The van der Waals surface area contributed by atoms with Gasteiger partial charge in [-0.1, -0.05) is 34.5 Å². The van der Waals surface area contributed by atoms with Crippen LogP contribution in [0.3, 0.4) is 0 Å². The summed E-state index contributed by atoms with van der Waals surface area (Å²) in [6.45, 7) is 3.44. The number of ether oxygens (including phenoxy) is 4. The van der Waals surface area contributed by atoms with Crippen molar-refractivity contribution in [3.63, 3.8) is 0 Å². The van der Waals surface area contributed by atoms with Gasteiger partial charge in [0.05, 0.1) is 43.2 Å². The van der Waals surface area contributed by atoms with Crippen LogP contribution in [0.15, 0.2) is 29.3 Å². The van der Waals surface area contributed by atoms with E-state index in [0.29, 0.717) is 57.4 Å². The van der Waals surface area contributed by atoms with Crippen molar-refractivity contribution in [2.75, 3.05) is 34.5 Å². The molecule has 1 aromatic heterocycles. The lowest BCUT2D eigenvalue weighted by molar-refractivity contribution is 0.0996. The quantitative estimate of drug-likeness (QED) is 0.428. The number of thiazole rings is 1. The molecule has 3 rings (SSSR count). The fourth-order valence-corrected chi connectivity index (χ4v) is 4.91. The Hall–Kier alpha value is -2.26. The van der Waals surface area contributed by atoms with Gasteiger partial charge >= 0.3 is 0 Å². The minimum absolute atomic E-state index is 0.299. The van der Waals surface area contributed by atoms with E-state index in [1.165, 1.54) is 32.7 Å². The Morgan fingerprint density at radius 2 is 1.74 bits per heavy atom. The van der Waals surface area contributed by atoms with Crippen molar-refractivity contribution in [2.45, 2.75) is 13.5 Å². The average Bonchev–Trinajstić information content (AvgIpc) is 3.09. The van der Waals surface area contributed by atoms with Crippen LogP contribution in [-0.2, 0) is 11.3 Å². The van der Waals surface area contributed by atoms with Crippen molar-refractivity contribution in [2.24, 2.45) is 4.99 Å². The second kappa shape index (κ2) is 10.4. The van der Waals surface area contributed by atoms with Crippen LogP contribution in [0.2, 0.25) is 10.0 Å². The zero-order chi connectivity index (χ0) is 22.5. The highest BCUT2D eigenvalue weighted by atomic mass is 35.5. The molecule has 0 radical (unpaired) electrons. The molecule has 0 spiro atoms. The minimum atomic E-state index is -0.460. The van der Waals surface area contributed by atoms with E-state index in [1.54, 1.807) is 24.3 Å². The SMILES string of the molecule is CCOCCn1c(=NC(=O)c2cc(OC)c(OC)c(OC)c2)sc2cc(Cl)cc(Cl)c21. The van der Waals surface area contributed by atoms with Crippen molar-refractivity contribution in [3.8, 4) is 17.2 Å². The van der Waals surface area contributed by atoms with Gasteiger partial charge in [0.25, 0.3) is 5.91 Å². The maximum atomic E-state index is 13.0. The van der Waals surface area contributed by atoms with Crippen LogP contribution >= 0.6 is 34.5 Å². The summed E-state index contributed by atoms with van der Waals surface area (Å²) in [4.78, 5) is 17.9. The van der Waals surface area contributed by atoms with Crippen molar-refractivity contribution < 1.29 is 23.7 Å². The van der Waals surface area contributed by atoms with E-state index in [2.05, 4.69) is 4.99 Å². The van der Waals surface area contributed by atoms with E-state index in [0.717, 1.165) is 10.2 Å². The Morgan fingerprint density at radius 1 is 1.06 bits per heavy atom. The molecule has 0 aliphatic rings. The summed E-state index contributed by atoms with van der Waals surface area (Å²) >= 11 is 13.9. The molecule has 7 nitrogen and oxygen atoms in total. The first-order valence-electron chi connectivity index (χ1n) is 9.38. The summed E-state index contributed by atoms with van der Waals surface area (Å²) in [5, 5.41) is 0.996. The first-order valence-corrected chi connectivity index (χ1v) is 11.0. The fraction of sp³-hybridized carbons (Fsp3) is 0.333. The van der Waals surface area contributed by atoms with Crippen LogP contribution in [0, 0.1) is 0 Å². The number of nitrogens with zero attached hydrogens (tertiary/aromatic N) is 2. The lowest BCUT2D eigenvalue weighted by Gasteiger charge is -2.12. The van der Waals surface area contributed by atoms with E-state index in [9.17, 15) is 4.79 Å². The molecule has 0 N–H and O–H groups in total. The topological polar surface area (TPSA) is 71.3 Å². The van der Waals surface area contributed by atoms with Gasteiger partial charge in [0, 0.05) is 23.7 Å². The molecule has 31 heavy (non-hydrogen) atoms. The van der Waals surface area contributed by atoms with Gasteiger partial charge in [-0.15, -0.1) is 0 Å². The number of amides is 1. The van der Waals surface area contributed by atoms with Gasteiger partial charge in [-0.2, -0.15) is 4.99 Å². The van der Waals surface area contributed by atoms with Crippen LogP contribution in [0.25, 0.3) is 10.2 Å². The molecule has 1 heterocycles. The second-order valence-electron chi connectivity index (χ2n) is 6.30. The Morgan fingerprint density at radius 3 is 2.32 bits per heavy atom. The van der Waals surface area contributed by atoms with Gasteiger partial charge in [0.2, 0.25) is 5.75 Å². The molecular formula is C21H22Cl2N2O5S. The molecule has 2 aromatic carbocycles. The summed E-state index contributed by atoms with van der Waals surface area (Å²) in [5.41, 5.74) is 1.06. The van der Waals surface area contributed by atoms with Crippen LogP contribution in [0.4, 0.5) is 0 Å². The highest BCUT2D eigenvalue weighted by Crippen LogP contribution is 2.38. The maximum absolute atomic E-state index is 13.0. The smallest absolute Gasteiger partial charge is 0.279 e. The molecule has 0 aliphatic heterocycles. The molecule has 0 fully saturated rings. The van der Waals surface area contributed by atoms with Crippen molar-refractivity contribution in [1.29, 1.82) is 0 Å². The highest BCUT2D eigenvalue weighted by Gasteiger charge is 2.18. The van der Waals surface area contributed by atoms with Crippen molar-refractivity contribution >= 4 is 50.7 Å². The zero-order valence-electron chi connectivity index (χ0n) is 17.5. The number of carbonyl (C=O) groups excluding carboxylic acids is 1. The lowest BCUT2D eigenvalue weighted by Crippen LogP contribution is -2.20. The van der Waals surface area contributed by atoms with Gasteiger partial charge in [-0.3, -0.25) is 4.79 Å². The average molecular weight is 485 g/mol. The Labute approximate surface area is 193 Å². The van der Waals surface area contributed by atoms with Crippen LogP contribution in [0.5, 0.6) is 17.2 Å². The molecule has 0 saturated heterocycles. The number of methoxy groups -OCH3 is 3. The van der Waals surface area contributed by atoms with Gasteiger partial charge in [0.15, 0.2) is 16.3 Å². The summed E-state index contributed by atoms with van der Waals surface area (Å²) < 4.78 is 24.2. The molecule has 0 bridgehead atoms. The van der Waals surface area contributed by atoms with Gasteiger partial charge < -0.3 is 23.5 Å². The summed E-state index contributed by atoms with van der Waals surface area (Å²) in [6, 6.07) is 6.59. The van der Waals surface area contributed by atoms with Crippen LogP contribution < -0.4 is 19.0 Å². The number of rotatable bonds is 8. The number of hydrogen-bond donors (Lipinski definition) is 0. The van der Waals surface area contributed by atoms with Crippen LogP contribution in [0.1, 0.15) is 17.3 Å². The van der Waals surface area contributed by atoms with E-state index in [-0.39, 0.29) is 0 Å². The summed E-state index contributed by atoms with van der Waals surface area (Å²) in [7, 11) is 4.48. The largest absolute Gasteiger partial charge is 0.493 e. The minimum Gasteiger partial charge on any atom is -0.493 e. The predicted octanol–water partition coefficient (Wildman–Crippen LogP) is 4.81. The number of benzene rings is 2. The normalized spacial score (nSPS) is 11.7. The molecule has 166 valence electrons. The fourth-order valence-electron chi connectivity index (χ4n) is 3.08. The second-order valence-corrected chi connectivity index (χ2v) is 8.15. The van der Waals surface area contributed by atoms with Crippen molar-refractivity contribution in [3.05, 3.63) is 44.7 Å². The standard InChI is InChI=1S/C21H22Cl2N2O5S/c1-5-30-7-6-25-18-14(23)10-13(22)11-17(18)31-21(25)24-20(26)12-8-15(27-2)19(29-4)16(9-12)28-3/h8-11H,5-7H2,1-4H3. The monoisotopic (exact) mass is 484 g/mol. The van der Waals surface area contributed by atoms with E-state index >= 15 is 0 Å². The molecule has 1 amide bonds. The van der Waals surface area contributed by atoms with Crippen molar-refractivity contribution in [1.82, 2.24) is 4.57 Å². The van der Waals surface area contributed by atoms with E-state index in [1.807, 2.05) is 11.5 Å². The maximum Gasteiger partial charge on any atom is 0.279 e. The molecule has 0 atom stereocenters. The third kappa shape index (κ3) is 4.98. The number of carbonyl (C=O) groups is 1. The summed E-state index contributed by atoms with van der Waals surface area (Å²) in [6.07, 6.45) is 0. The van der Waals surface area contributed by atoms with E-state index < -0.39 is 5.91 Å². The molecule has 10 heteroatoms. The number of halogens is 2. The first-order chi connectivity index (χ1) is 14.9. The molecular weight excluding hydrogens is 463 g/mol. The first kappa shape index (κ1) is 23.4. The zero-order valence-corrected chi connectivity index (χ0v) is 19.9. The molecule has 0 aliphatic carbocycles. The molecule has 0 unspecified atom stereocenters. The van der Waals surface area contributed by atoms with Gasteiger partial charge in [-0.05, 0) is 31.2 Å². The lowest BCUT2D eigenvalue weighted by atomic mass is 10.1. The Bertz CT molecular complexity index is 1150. The Balaban J connectivity index is 2.14. The van der Waals surface area contributed by atoms with E-state index in [4.69, 9.17) is 42.1 Å². The summed E-state index contributed by atoms with van der Waals surface area (Å²) in [5.74, 6) is 0.682. The number of hydrogen-bond acceptors (Lipinski definition) is 6. The third-order valence-corrected chi connectivity index (χ3v) is 6.00. The highest BCUT2D eigenvalue weighted by molar-refractivity contribution is 7.16.